The summed E-state index contributed by atoms with van der Waals surface area (Å²) in [6.45, 7) is 6.66. The summed E-state index contributed by atoms with van der Waals surface area (Å²) in [7, 11) is 0. The molecule has 0 radical (unpaired) electrons. The molecule has 0 saturated heterocycles. The van der Waals surface area contributed by atoms with Crippen LogP contribution in [-0.4, -0.2) is 0 Å². The van der Waals surface area contributed by atoms with Crippen molar-refractivity contribution >= 4 is 5.57 Å². The molecule has 0 fully saturated rings. The van der Waals surface area contributed by atoms with Gasteiger partial charge in [0, 0.05) is 0 Å². The van der Waals surface area contributed by atoms with Gasteiger partial charge in [-0.2, -0.15) is 0 Å². The van der Waals surface area contributed by atoms with Crippen LogP contribution in [0.2, 0.25) is 0 Å². The number of hydrogen-bond acceptors (Lipinski definition) is 0. The van der Waals surface area contributed by atoms with Gasteiger partial charge >= 0.3 is 0 Å². The third kappa shape index (κ3) is 1.90. The Kier molecular flexibility index (Phi) is 2.77. The van der Waals surface area contributed by atoms with Crippen LogP contribution >= 0.6 is 0 Å². The molecule has 0 N–H and O–H groups in total. The SMILES string of the molecule is CCc1ccccc1C1=C(C)C=C(C)C1. The Balaban J connectivity index is 2.44. The van der Waals surface area contributed by atoms with Crippen LogP contribution in [-0.2, 0) is 6.42 Å². The Morgan fingerprint density at radius 3 is 2.47 bits per heavy atom. The quantitative estimate of drug-likeness (QED) is 0.662. The van der Waals surface area contributed by atoms with Crippen molar-refractivity contribution in [3.63, 3.8) is 0 Å². The normalized spacial score (nSPS) is 15.8. The van der Waals surface area contributed by atoms with Crippen LogP contribution in [0.15, 0.2) is 41.5 Å². The molecule has 0 aliphatic heterocycles. The van der Waals surface area contributed by atoms with E-state index in [1.165, 1.54) is 27.8 Å². The van der Waals surface area contributed by atoms with Crippen LogP contribution in [0.3, 0.4) is 0 Å². The van der Waals surface area contributed by atoms with Gasteiger partial charge in [0.1, 0.15) is 0 Å². The van der Waals surface area contributed by atoms with Gasteiger partial charge in [0.2, 0.25) is 0 Å². The number of rotatable bonds is 2. The second-order valence-corrected chi connectivity index (χ2v) is 4.34. The molecule has 1 aromatic carbocycles. The van der Waals surface area contributed by atoms with E-state index in [0.29, 0.717) is 0 Å². The predicted molar refractivity (Wildman–Crippen MR) is 66.8 cm³/mol. The van der Waals surface area contributed by atoms with Gasteiger partial charge in [-0.25, -0.2) is 0 Å². The van der Waals surface area contributed by atoms with Crippen molar-refractivity contribution in [1.82, 2.24) is 0 Å². The van der Waals surface area contributed by atoms with Crippen molar-refractivity contribution in [2.24, 2.45) is 0 Å². The van der Waals surface area contributed by atoms with Gasteiger partial charge in [-0.15, -0.1) is 0 Å². The number of aryl methyl sites for hydroxylation is 1. The fraction of sp³-hybridized carbons (Fsp3) is 0.333. The fourth-order valence-corrected chi connectivity index (χ4v) is 2.36. The van der Waals surface area contributed by atoms with Crippen molar-refractivity contribution in [3.8, 4) is 0 Å². The summed E-state index contributed by atoms with van der Waals surface area (Å²) >= 11 is 0. The van der Waals surface area contributed by atoms with E-state index in [-0.39, 0.29) is 0 Å². The molecule has 0 atom stereocenters. The average Bonchev–Trinajstić information content (AvgIpc) is 2.57. The van der Waals surface area contributed by atoms with Crippen molar-refractivity contribution in [2.45, 2.75) is 33.6 Å². The largest absolute Gasteiger partial charge is 0.0686 e. The number of benzene rings is 1. The molecule has 1 aromatic rings. The molecule has 0 heterocycles. The second kappa shape index (κ2) is 4.06. The van der Waals surface area contributed by atoms with E-state index in [9.17, 15) is 0 Å². The highest BCUT2D eigenvalue weighted by Gasteiger charge is 2.13. The van der Waals surface area contributed by atoms with Gasteiger partial charge in [0.15, 0.2) is 0 Å². The molecule has 0 aromatic heterocycles. The molecule has 0 heteroatoms. The first kappa shape index (κ1) is 10.2. The van der Waals surface area contributed by atoms with E-state index >= 15 is 0 Å². The topological polar surface area (TPSA) is 0 Å². The number of hydrogen-bond donors (Lipinski definition) is 0. The summed E-state index contributed by atoms with van der Waals surface area (Å²) in [5, 5.41) is 0. The van der Waals surface area contributed by atoms with Gasteiger partial charge in [0.25, 0.3) is 0 Å². The number of allylic oxidation sites excluding steroid dienone is 4. The maximum atomic E-state index is 2.31. The van der Waals surface area contributed by atoms with E-state index in [1.54, 1.807) is 0 Å². The predicted octanol–water partition coefficient (Wildman–Crippen LogP) is 4.37. The fourth-order valence-electron chi connectivity index (χ4n) is 2.36. The van der Waals surface area contributed by atoms with Crippen molar-refractivity contribution in [1.29, 1.82) is 0 Å². The molecule has 2 rings (SSSR count). The van der Waals surface area contributed by atoms with Crippen LogP contribution in [0.4, 0.5) is 0 Å². The molecule has 0 amide bonds. The van der Waals surface area contributed by atoms with Crippen LogP contribution in [0, 0.1) is 0 Å². The minimum Gasteiger partial charge on any atom is -0.0686 e. The van der Waals surface area contributed by atoms with Crippen molar-refractivity contribution < 1.29 is 0 Å². The second-order valence-electron chi connectivity index (χ2n) is 4.34. The van der Waals surface area contributed by atoms with Gasteiger partial charge in [-0.3, -0.25) is 0 Å². The van der Waals surface area contributed by atoms with Gasteiger partial charge in [0.05, 0.1) is 0 Å². The van der Waals surface area contributed by atoms with Gasteiger partial charge in [-0.1, -0.05) is 42.8 Å². The molecule has 0 unspecified atom stereocenters. The highest BCUT2D eigenvalue weighted by molar-refractivity contribution is 5.77. The van der Waals surface area contributed by atoms with E-state index < -0.39 is 0 Å². The lowest BCUT2D eigenvalue weighted by atomic mass is 9.95. The van der Waals surface area contributed by atoms with E-state index in [1.807, 2.05) is 0 Å². The summed E-state index contributed by atoms with van der Waals surface area (Å²) in [6, 6.07) is 8.77. The molecular weight excluding hydrogens is 180 g/mol. The van der Waals surface area contributed by atoms with Crippen LogP contribution in [0.1, 0.15) is 38.3 Å². The first-order chi connectivity index (χ1) is 7.22. The molecule has 1 aliphatic rings. The van der Waals surface area contributed by atoms with E-state index in [4.69, 9.17) is 0 Å². The molecule has 0 bridgehead atoms. The molecule has 78 valence electrons. The smallest absolute Gasteiger partial charge is 0.00580 e. The third-order valence-corrected chi connectivity index (χ3v) is 3.12. The first-order valence-electron chi connectivity index (χ1n) is 5.67. The van der Waals surface area contributed by atoms with E-state index in [0.717, 1.165) is 12.8 Å². The zero-order valence-corrected chi connectivity index (χ0v) is 9.80. The maximum Gasteiger partial charge on any atom is -0.00580 e. The van der Waals surface area contributed by atoms with Crippen LogP contribution < -0.4 is 0 Å². The summed E-state index contributed by atoms with van der Waals surface area (Å²) in [6.07, 6.45) is 4.55. The summed E-state index contributed by atoms with van der Waals surface area (Å²) in [5.41, 5.74) is 7.35. The van der Waals surface area contributed by atoms with Crippen molar-refractivity contribution in [2.75, 3.05) is 0 Å². The zero-order valence-electron chi connectivity index (χ0n) is 9.80. The molecule has 0 nitrogen and oxygen atoms in total. The van der Waals surface area contributed by atoms with Gasteiger partial charge < -0.3 is 0 Å². The lowest BCUT2D eigenvalue weighted by Crippen LogP contribution is -1.91. The Labute approximate surface area is 92.3 Å². The molecule has 0 spiro atoms. The summed E-state index contributed by atoms with van der Waals surface area (Å²) in [4.78, 5) is 0. The highest BCUT2D eigenvalue weighted by atomic mass is 14.2. The minimum atomic E-state index is 1.12. The average molecular weight is 198 g/mol. The Morgan fingerprint density at radius 2 is 1.87 bits per heavy atom. The molecular formula is C15H18. The Hall–Kier alpha value is -1.30. The standard InChI is InChI=1S/C15H18/c1-4-13-7-5-6-8-14(13)15-10-11(2)9-12(15)3/h5-9H,4,10H2,1-3H3. The zero-order chi connectivity index (χ0) is 10.8. The van der Waals surface area contributed by atoms with Crippen LogP contribution in [0.5, 0.6) is 0 Å². The minimum absolute atomic E-state index is 1.12. The lowest BCUT2D eigenvalue weighted by Gasteiger charge is -2.10. The third-order valence-electron chi connectivity index (χ3n) is 3.12. The van der Waals surface area contributed by atoms with Gasteiger partial charge in [-0.05, 0) is 49.0 Å². The molecule has 1 aliphatic carbocycles. The Morgan fingerprint density at radius 1 is 1.13 bits per heavy atom. The first-order valence-corrected chi connectivity index (χ1v) is 5.67. The van der Waals surface area contributed by atoms with Crippen LogP contribution in [0.25, 0.3) is 5.57 Å². The van der Waals surface area contributed by atoms with Crippen molar-refractivity contribution in [3.05, 3.63) is 52.6 Å². The maximum absolute atomic E-state index is 2.31. The molecule has 15 heavy (non-hydrogen) atoms. The summed E-state index contributed by atoms with van der Waals surface area (Å²) < 4.78 is 0. The summed E-state index contributed by atoms with van der Waals surface area (Å²) in [5.74, 6) is 0. The van der Waals surface area contributed by atoms with E-state index in [2.05, 4.69) is 51.1 Å². The monoisotopic (exact) mass is 198 g/mol. The molecule has 0 saturated carbocycles. The lowest BCUT2D eigenvalue weighted by molar-refractivity contribution is 1.12. The Bertz CT molecular complexity index is 433. The highest BCUT2D eigenvalue weighted by Crippen LogP contribution is 2.34.